The molecule has 0 spiro atoms. The van der Waals surface area contributed by atoms with E-state index in [0.29, 0.717) is 6.04 Å². The molecule has 110 valence electrons. The molecule has 0 amide bonds. The molecule has 0 aromatic heterocycles. The minimum absolute atomic E-state index is 0.104. The predicted octanol–water partition coefficient (Wildman–Crippen LogP) is 2.93. The summed E-state index contributed by atoms with van der Waals surface area (Å²) in [4.78, 5) is 2.50. The Morgan fingerprint density at radius 3 is 2.24 bits per heavy atom. The van der Waals surface area contributed by atoms with Gasteiger partial charge in [0.05, 0.1) is 6.61 Å². The van der Waals surface area contributed by atoms with Crippen LogP contribution in [0.15, 0.2) is 48.5 Å². The summed E-state index contributed by atoms with van der Waals surface area (Å²) in [5, 5.41) is 9.11. The third-order valence-electron chi connectivity index (χ3n) is 4.08. The average Bonchev–Trinajstić information content (AvgIpc) is 3.34. The molecule has 0 bridgehead atoms. The van der Waals surface area contributed by atoms with Gasteiger partial charge in [0.1, 0.15) is 0 Å². The highest BCUT2D eigenvalue weighted by Crippen LogP contribution is 2.30. The zero-order valence-corrected chi connectivity index (χ0v) is 12.2. The van der Waals surface area contributed by atoms with E-state index in [1.54, 1.807) is 0 Å². The van der Waals surface area contributed by atoms with Gasteiger partial charge in [0.25, 0.3) is 0 Å². The third-order valence-corrected chi connectivity index (χ3v) is 4.08. The van der Waals surface area contributed by atoms with Crippen LogP contribution in [-0.4, -0.2) is 16.0 Å². The average molecular weight is 282 g/mol. The van der Waals surface area contributed by atoms with Gasteiger partial charge < -0.3 is 10.8 Å². The Labute approximate surface area is 126 Å². The number of benzene rings is 2. The number of nitrogens with zero attached hydrogens (tertiary/aromatic N) is 1. The standard InChI is InChI=1S/C18H22N2O/c19-18-4-2-1-3-16(18)12-20(17-9-10-17)11-14-5-7-15(13-21)8-6-14/h1-8,17,21H,9-13,19H2. The summed E-state index contributed by atoms with van der Waals surface area (Å²) >= 11 is 0. The van der Waals surface area contributed by atoms with Crippen LogP contribution in [0.1, 0.15) is 29.5 Å². The molecule has 1 aliphatic rings. The van der Waals surface area contributed by atoms with E-state index in [1.165, 1.54) is 24.0 Å². The van der Waals surface area contributed by atoms with Crippen LogP contribution in [0.25, 0.3) is 0 Å². The molecule has 2 aromatic carbocycles. The van der Waals surface area contributed by atoms with Gasteiger partial charge in [-0.25, -0.2) is 0 Å². The topological polar surface area (TPSA) is 49.5 Å². The van der Waals surface area contributed by atoms with Crippen LogP contribution in [0.5, 0.6) is 0 Å². The molecule has 3 nitrogen and oxygen atoms in total. The largest absolute Gasteiger partial charge is 0.398 e. The maximum Gasteiger partial charge on any atom is 0.0681 e. The number of hydrogen-bond acceptors (Lipinski definition) is 3. The van der Waals surface area contributed by atoms with Crippen molar-refractivity contribution in [3.8, 4) is 0 Å². The van der Waals surface area contributed by atoms with Crippen molar-refractivity contribution in [2.45, 2.75) is 38.6 Å². The van der Waals surface area contributed by atoms with Crippen LogP contribution in [0.4, 0.5) is 5.69 Å². The van der Waals surface area contributed by atoms with Crippen molar-refractivity contribution >= 4 is 5.69 Å². The van der Waals surface area contributed by atoms with E-state index in [0.717, 1.165) is 24.3 Å². The first kappa shape index (κ1) is 14.1. The SMILES string of the molecule is Nc1ccccc1CN(Cc1ccc(CO)cc1)C1CC1. The van der Waals surface area contributed by atoms with Crippen LogP contribution in [0.3, 0.4) is 0 Å². The maximum atomic E-state index is 9.11. The van der Waals surface area contributed by atoms with Crippen LogP contribution < -0.4 is 5.73 Å². The normalized spacial score (nSPS) is 14.6. The van der Waals surface area contributed by atoms with Crippen molar-refractivity contribution < 1.29 is 5.11 Å². The highest BCUT2D eigenvalue weighted by Gasteiger charge is 2.29. The fourth-order valence-corrected chi connectivity index (χ4v) is 2.64. The molecule has 0 radical (unpaired) electrons. The predicted molar refractivity (Wildman–Crippen MR) is 85.5 cm³/mol. The van der Waals surface area contributed by atoms with Gasteiger partial charge in [-0.2, -0.15) is 0 Å². The van der Waals surface area contributed by atoms with Crippen molar-refractivity contribution in [2.75, 3.05) is 5.73 Å². The summed E-state index contributed by atoms with van der Waals surface area (Å²) in [6, 6.07) is 17.0. The Balaban J connectivity index is 1.71. The Bertz CT molecular complexity index is 590. The number of para-hydroxylation sites is 1. The molecule has 3 N–H and O–H groups in total. The van der Waals surface area contributed by atoms with Crippen molar-refractivity contribution in [1.82, 2.24) is 4.90 Å². The lowest BCUT2D eigenvalue weighted by atomic mass is 10.1. The number of aliphatic hydroxyl groups is 1. The first-order valence-electron chi connectivity index (χ1n) is 7.52. The fraction of sp³-hybridized carbons (Fsp3) is 0.333. The molecule has 21 heavy (non-hydrogen) atoms. The smallest absolute Gasteiger partial charge is 0.0681 e. The number of hydrogen-bond donors (Lipinski definition) is 2. The van der Waals surface area contributed by atoms with E-state index in [1.807, 2.05) is 30.3 Å². The summed E-state index contributed by atoms with van der Waals surface area (Å²) in [6.07, 6.45) is 2.56. The van der Waals surface area contributed by atoms with Crippen molar-refractivity contribution in [2.24, 2.45) is 0 Å². The van der Waals surface area contributed by atoms with Crippen LogP contribution in [0, 0.1) is 0 Å². The van der Waals surface area contributed by atoms with Crippen LogP contribution in [0.2, 0.25) is 0 Å². The Morgan fingerprint density at radius 1 is 0.952 bits per heavy atom. The van der Waals surface area contributed by atoms with Gasteiger partial charge in [0, 0.05) is 24.8 Å². The highest BCUT2D eigenvalue weighted by atomic mass is 16.3. The zero-order valence-electron chi connectivity index (χ0n) is 12.2. The summed E-state index contributed by atoms with van der Waals surface area (Å²) in [6.45, 7) is 1.94. The van der Waals surface area contributed by atoms with E-state index in [9.17, 15) is 0 Å². The number of anilines is 1. The lowest BCUT2D eigenvalue weighted by molar-refractivity contribution is 0.246. The number of rotatable bonds is 6. The molecule has 3 heteroatoms. The third kappa shape index (κ3) is 3.63. The van der Waals surface area contributed by atoms with E-state index in [-0.39, 0.29) is 6.61 Å². The van der Waals surface area contributed by atoms with E-state index in [2.05, 4.69) is 23.1 Å². The summed E-state index contributed by atoms with van der Waals surface area (Å²) in [7, 11) is 0. The molecule has 1 fully saturated rings. The fourth-order valence-electron chi connectivity index (χ4n) is 2.64. The summed E-state index contributed by atoms with van der Waals surface area (Å²) in [5.41, 5.74) is 10.4. The molecule has 0 unspecified atom stereocenters. The van der Waals surface area contributed by atoms with Gasteiger partial charge in [0.15, 0.2) is 0 Å². The van der Waals surface area contributed by atoms with Crippen LogP contribution in [-0.2, 0) is 19.7 Å². The number of nitrogens with two attached hydrogens (primary N) is 1. The van der Waals surface area contributed by atoms with Gasteiger partial charge in [-0.05, 0) is 35.6 Å². The molecule has 0 saturated heterocycles. The first-order chi connectivity index (χ1) is 10.3. The van der Waals surface area contributed by atoms with Gasteiger partial charge >= 0.3 is 0 Å². The minimum Gasteiger partial charge on any atom is -0.398 e. The maximum absolute atomic E-state index is 9.11. The zero-order chi connectivity index (χ0) is 14.7. The quantitative estimate of drug-likeness (QED) is 0.801. The van der Waals surface area contributed by atoms with E-state index >= 15 is 0 Å². The number of aliphatic hydroxyl groups excluding tert-OH is 1. The molecule has 2 aromatic rings. The highest BCUT2D eigenvalue weighted by molar-refractivity contribution is 5.46. The number of nitrogen functional groups attached to an aromatic ring is 1. The Hall–Kier alpha value is -1.84. The van der Waals surface area contributed by atoms with Gasteiger partial charge in [-0.15, -0.1) is 0 Å². The van der Waals surface area contributed by atoms with Crippen molar-refractivity contribution in [3.05, 3.63) is 65.2 Å². The molecular formula is C18H22N2O. The Morgan fingerprint density at radius 2 is 1.62 bits per heavy atom. The lowest BCUT2D eigenvalue weighted by Gasteiger charge is -2.23. The van der Waals surface area contributed by atoms with Gasteiger partial charge in [0.2, 0.25) is 0 Å². The molecule has 0 heterocycles. The second kappa shape index (κ2) is 6.29. The van der Waals surface area contributed by atoms with Crippen molar-refractivity contribution in [3.63, 3.8) is 0 Å². The van der Waals surface area contributed by atoms with E-state index < -0.39 is 0 Å². The van der Waals surface area contributed by atoms with Gasteiger partial charge in [-0.1, -0.05) is 42.5 Å². The first-order valence-corrected chi connectivity index (χ1v) is 7.52. The molecule has 0 aliphatic heterocycles. The van der Waals surface area contributed by atoms with Crippen LogP contribution >= 0.6 is 0 Å². The summed E-state index contributed by atoms with van der Waals surface area (Å²) < 4.78 is 0. The van der Waals surface area contributed by atoms with Gasteiger partial charge in [-0.3, -0.25) is 4.90 Å². The molecule has 1 saturated carbocycles. The second-order valence-corrected chi connectivity index (χ2v) is 5.81. The lowest BCUT2D eigenvalue weighted by Crippen LogP contribution is -2.25. The molecule has 0 atom stereocenters. The van der Waals surface area contributed by atoms with E-state index in [4.69, 9.17) is 10.8 Å². The van der Waals surface area contributed by atoms with Crippen molar-refractivity contribution in [1.29, 1.82) is 0 Å². The molecule has 3 rings (SSSR count). The minimum atomic E-state index is 0.104. The summed E-state index contributed by atoms with van der Waals surface area (Å²) in [5.74, 6) is 0. The Kier molecular flexibility index (Phi) is 4.23. The molecular weight excluding hydrogens is 260 g/mol. The monoisotopic (exact) mass is 282 g/mol. The molecule has 1 aliphatic carbocycles. The second-order valence-electron chi connectivity index (χ2n) is 5.81.